The maximum atomic E-state index is 5.76. The zero-order chi connectivity index (χ0) is 10.7. The van der Waals surface area contributed by atoms with Crippen LogP contribution in [-0.4, -0.2) is 10.1 Å². The van der Waals surface area contributed by atoms with Crippen LogP contribution in [0.15, 0.2) is 4.52 Å². The highest BCUT2D eigenvalue weighted by Gasteiger charge is 2.50. The molecule has 3 nitrogen and oxygen atoms in total. The highest BCUT2D eigenvalue weighted by molar-refractivity contribution is 6.28. The highest BCUT2D eigenvalue weighted by Crippen LogP contribution is 2.59. The molecule has 0 aliphatic heterocycles. The fourth-order valence-electron chi connectivity index (χ4n) is 4.68. The molecule has 1 aromatic rings. The predicted molar refractivity (Wildman–Crippen MR) is 59.1 cm³/mol. The molecule has 0 radical (unpaired) electrons. The van der Waals surface area contributed by atoms with Crippen molar-refractivity contribution < 1.29 is 4.52 Å². The zero-order valence-electron chi connectivity index (χ0n) is 9.10. The van der Waals surface area contributed by atoms with Crippen LogP contribution in [0.2, 0.25) is 5.28 Å². The van der Waals surface area contributed by atoms with E-state index in [4.69, 9.17) is 16.1 Å². The van der Waals surface area contributed by atoms with Gasteiger partial charge in [0.2, 0.25) is 5.89 Å². The van der Waals surface area contributed by atoms with E-state index in [1.807, 2.05) is 0 Å². The Labute approximate surface area is 99.6 Å². The van der Waals surface area contributed by atoms with E-state index in [9.17, 15) is 0 Å². The molecule has 5 rings (SSSR count). The Bertz CT molecular complexity index is 389. The average molecular weight is 239 g/mol. The van der Waals surface area contributed by atoms with E-state index in [0.717, 1.165) is 29.6 Å². The fourth-order valence-corrected chi connectivity index (χ4v) is 4.80. The number of hydrogen-bond donors (Lipinski definition) is 0. The maximum absolute atomic E-state index is 5.76. The summed E-state index contributed by atoms with van der Waals surface area (Å²) in [5, 5.41) is 4.00. The molecule has 0 saturated heterocycles. The third-order valence-electron chi connectivity index (χ3n) is 4.93. The van der Waals surface area contributed by atoms with Crippen molar-refractivity contribution in [3.8, 4) is 0 Å². The second-order valence-electron chi connectivity index (χ2n) is 5.86. The van der Waals surface area contributed by atoms with Crippen molar-refractivity contribution in [1.29, 1.82) is 0 Å². The average Bonchev–Trinajstić information content (AvgIpc) is 2.63. The first-order valence-corrected chi connectivity index (χ1v) is 6.66. The molecule has 0 spiro atoms. The number of aromatic nitrogens is 2. The van der Waals surface area contributed by atoms with Gasteiger partial charge in [-0.2, -0.15) is 4.98 Å². The first-order chi connectivity index (χ1) is 7.79. The van der Waals surface area contributed by atoms with E-state index in [-0.39, 0.29) is 5.28 Å². The Hall–Kier alpha value is -0.570. The van der Waals surface area contributed by atoms with E-state index in [1.165, 1.54) is 32.1 Å². The molecule has 0 atom stereocenters. The van der Waals surface area contributed by atoms with E-state index >= 15 is 0 Å². The molecule has 0 unspecified atom stereocenters. The van der Waals surface area contributed by atoms with Gasteiger partial charge in [0.15, 0.2) is 0 Å². The molecule has 4 heteroatoms. The molecule has 4 bridgehead atoms. The summed E-state index contributed by atoms with van der Waals surface area (Å²) < 4.78 is 5.30. The summed E-state index contributed by atoms with van der Waals surface area (Å²) in [5.41, 5.74) is 0. The summed E-state index contributed by atoms with van der Waals surface area (Å²) in [5.74, 6) is 4.85. The summed E-state index contributed by atoms with van der Waals surface area (Å²) in [6.45, 7) is 0. The third kappa shape index (κ3) is 1.27. The van der Waals surface area contributed by atoms with E-state index in [1.54, 1.807) is 0 Å². The van der Waals surface area contributed by atoms with Gasteiger partial charge >= 0.3 is 0 Å². The minimum Gasteiger partial charge on any atom is -0.338 e. The van der Waals surface area contributed by atoms with Gasteiger partial charge in [0.05, 0.1) is 0 Å². The molecule has 1 aromatic heterocycles. The van der Waals surface area contributed by atoms with Crippen LogP contribution >= 0.6 is 11.6 Å². The van der Waals surface area contributed by atoms with Crippen LogP contribution in [-0.2, 0) is 0 Å². The third-order valence-corrected chi connectivity index (χ3v) is 5.08. The fraction of sp³-hybridized carbons (Fsp3) is 0.833. The topological polar surface area (TPSA) is 38.9 Å². The SMILES string of the molecule is Clc1noc(C2C3CC4CC(C3)CC2C4)n1. The van der Waals surface area contributed by atoms with Crippen LogP contribution in [0.1, 0.15) is 43.9 Å². The van der Waals surface area contributed by atoms with Crippen molar-refractivity contribution in [2.24, 2.45) is 23.7 Å². The Morgan fingerprint density at radius 2 is 1.62 bits per heavy atom. The normalized spacial score (nSPS) is 45.2. The van der Waals surface area contributed by atoms with Crippen molar-refractivity contribution >= 4 is 11.6 Å². The summed E-state index contributed by atoms with van der Waals surface area (Å²) in [7, 11) is 0. The van der Waals surface area contributed by atoms with Crippen LogP contribution in [0.3, 0.4) is 0 Å². The molecule has 4 saturated carbocycles. The number of halogens is 1. The van der Waals surface area contributed by atoms with Gasteiger partial charge in [0.1, 0.15) is 0 Å². The lowest BCUT2D eigenvalue weighted by molar-refractivity contribution is -0.0131. The Morgan fingerprint density at radius 1 is 1.00 bits per heavy atom. The summed E-state index contributed by atoms with van der Waals surface area (Å²) in [6.07, 6.45) is 6.97. The van der Waals surface area contributed by atoms with E-state index in [0.29, 0.717) is 5.92 Å². The highest BCUT2D eigenvalue weighted by atomic mass is 35.5. The van der Waals surface area contributed by atoms with E-state index in [2.05, 4.69) is 10.1 Å². The lowest BCUT2D eigenvalue weighted by Gasteiger charge is -2.53. The summed E-state index contributed by atoms with van der Waals surface area (Å²) in [4.78, 5) is 4.24. The number of rotatable bonds is 1. The molecule has 1 heterocycles. The van der Waals surface area contributed by atoms with Gasteiger partial charge in [-0.1, -0.05) is 0 Å². The molecule has 0 N–H and O–H groups in total. The molecule has 4 aliphatic rings. The monoisotopic (exact) mass is 238 g/mol. The minimum absolute atomic E-state index is 0.267. The van der Waals surface area contributed by atoms with Gasteiger partial charge in [-0.25, -0.2) is 0 Å². The minimum atomic E-state index is 0.267. The predicted octanol–water partition coefficient (Wildman–Crippen LogP) is 3.26. The first-order valence-electron chi connectivity index (χ1n) is 6.28. The summed E-state index contributed by atoms with van der Waals surface area (Å²) in [6, 6.07) is 0. The maximum Gasteiger partial charge on any atom is 0.263 e. The van der Waals surface area contributed by atoms with Crippen LogP contribution < -0.4 is 0 Å². The van der Waals surface area contributed by atoms with Crippen LogP contribution in [0.4, 0.5) is 0 Å². The molecule has 4 fully saturated rings. The van der Waals surface area contributed by atoms with E-state index < -0.39 is 0 Å². The Morgan fingerprint density at radius 3 is 2.12 bits per heavy atom. The van der Waals surface area contributed by atoms with Crippen molar-refractivity contribution in [2.75, 3.05) is 0 Å². The Kier molecular flexibility index (Phi) is 1.90. The van der Waals surface area contributed by atoms with Gasteiger partial charge in [-0.3, -0.25) is 0 Å². The lowest BCUT2D eigenvalue weighted by Crippen LogP contribution is -2.43. The van der Waals surface area contributed by atoms with Crippen molar-refractivity contribution in [3.05, 3.63) is 11.2 Å². The van der Waals surface area contributed by atoms with Gasteiger partial charge in [-0.05, 0) is 72.5 Å². The molecule has 86 valence electrons. The van der Waals surface area contributed by atoms with Crippen LogP contribution in [0, 0.1) is 23.7 Å². The van der Waals surface area contributed by atoms with Crippen LogP contribution in [0.5, 0.6) is 0 Å². The largest absolute Gasteiger partial charge is 0.338 e. The lowest BCUT2D eigenvalue weighted by atomic mass is 9.52. The van der Waals surface area contributed by atoms with Gasteiger partial charge in [-0.15, -0.1) is 0 Å². The molecule has 4 aliphatic carbocycles. The number of nitrogens with zero attached hydrogens (tertiary/aromatic N) is 2. The molecular weight excluding hydrogens is 224 g/mol. The molecule has 16 heavy (non-hydrogen) atoms. The smallest absolute Gasteiger partial charge is 0.263 e. The second-order valence-corrected chi connectivity index (χ2v) is 6.20. The van der Waals surface area contributed by atoms with Crippen molar-refractivity contribution in [1.82, 2.24) is 10.1 Å². The van der Waals surface area contributed by atoms with Crippen LogP contribution in [0.25, 0.3) is 0 Å². The van der Waals surface area contributed by atoms with Gasteiger partial charge in [0.25, 0.3) is 5.28 Å². The first kappa shape index (κ1) is 9.46. The van der Waals surface area contributed by atoms with Gasteiger partial charge < -0.3 is 4.52 Å². The van der Waals surface area contributed by atoms with Crippen molar-refractivity contribution in [3.63, 3.8) is 0 Å². The summed E-state index contributed by atoms with van der Waals surface area (Å²) >= 11 is 5.76. The zero-order valence-corrected chi connectivity index (χ0v) is 9.86. The second kappa shape index (κ2) is 3.22. The standard InChI is InChI=1S/C12H15ClN2O/c13-12-14-11(16-15-12)10-8-2-6-1-7(4-8)5-9(10)3-6/h6-10H,1-5H2. The van der Waals surface area contributed by atoms with Crippen molar-refractivity contribution in [2.45, 2.75) is 38.0 Å². The molecular formula is C12H15ClN2O. The quantitative estimate of drug-likeness (QED) is 0.754. The molecule has 0 amide bonds. The molecule has 0 aromatic carbocycles. The Balaban J connectivity index is 1.69. The van der Waals surface area contributed by atoms with Gasteiger partial charge in [0, 0.05) is 5.92 Å². The number of hydrogen-bond acceptors (Lipinski definition) is 3.